The van der Waals surface area contributed by atoms with Crippen LogP contribution < -0.4 is 20.7 Å². The van der Waals surface area contributed by atoms with E-state index in [9.17, 15) is 33.9 Å². The molecule has 1 aliphatic heterocycles. The van der Waals surface area contributed by atoms with Gasteiger partial charge in [0.25, 0.3) is 5.91 Å². The molecule has 3 saturated carbocycles. The van der Waals surface area contributed by atoms with Crippen LogP contribution in [-0.2, 0) is 31.0 Å². The zero-order valence-electron chi connectivity index (χ0n) is 36.8. The molecule has 63 heavy (non-hydrogen) atoms. The van der Waals surface area contributed by atoms with E-state index in [2.05, 4.69) is 29.8 Å². The van der Waals surface area contributed by atoms with Crippen LogP contribution >= 0.6 is 11.6 Å². The minimum Gasteiger partial charge on any atom is -0.478 e. The number of aliphatic hydroxyl groups is 1. The first-order valence-electron chi connectivity index (χ1n) is 22.0. The largest absolute Gasteiger partial charge is 0.478 e. The first-order valence-corrected chi connectivity index (χ1v) is 22.4. The molecule has 1 saturated heterocycles. The van der Waals surface area contributed by atoms with Crippen molar-refractivity contribution in [3.05, 3.63) is 112 Å². The Bertz CT molecular complexity index is 2200. The van der Waals surface area contributed by atoms with Gasteiger partial charge in [-0.15, -0.1) is 0 Å². The normalized spacial score (nSPS) is 26.9. The molecule has 12 nitrogen and oxygen atoms in total. The molecule has 3 aromatic carbocycles. The molecule has 336 valence electrons. The van der Waals surface area contributed by atoms with Crippen molar-refractivity contribution in [1.82, 2.24) is 16.0 Å². The quantitative estimate of drug-likeness (QED) is 0.132. The van der Waals surface area contributed by atoms with Crippen LogP contribution in [0, 0.1) is 28.6 Å². The fourth-order valence-corrected chi connectivity index (χ4v) is 10.8. The number of allylic oxidation sites excluding steroid dienone is 1. The molecule has 5 amide bonds. The van der Waals surface area contributed by atoms with Crippen molar-refractivity contribution >= 4 is 47.1 Å². The molecule has 0 radical (unpaired) electrons. The van der Waals surface area contributed by atoms with E-state index in [0.29, 0.717) is 53.0 Å². The summed E-state index contributed by atoms with van der Waals surface area (Å²) in [4.78, 5) is 69.8. The average molecular weight is 882 g/mol. The maximum absolute atomic E-state index is 12.0. The number of nitrogens with one attached hydrogen (secondary N) is 3. The Hall–Kier alpha value is -5.33. The number of benzene rings is 3. The number of hydrogen-bond acceptors (Lipinski definition) is 8. The molecular weight excluding hydrogens is 822 g/mol. The highest BCUT2D eigenvalue weighted by atomic mass is 35.5. The van der Waals surface area contributed by atoms with Crippen molar-refractivity contribution in [3.63, 3.8) is 0 Å². The number of aliphatic hydroxyl groups excluding tert-OH is 1. The molecule has 0 aromatic heterocycles. The van der Waals surface area contributed by atoms with E-state index in [-0.39, 0.29) is 22.8 Å². The van der Waals surface area contributed by atoms with E-state index in [0.717, 1.165) is 43.1 Å². The van der Waals surface area contributed by atoms with E-state index in [1.807, 2.05) is 18.2 Å². The summed E-state index contributed by atoms with van der Waals surface area (Å²) >= 11 is 5.80. The third-order valence-corrected chi connectivity index (χ3v) is 14.8. The molecule has 5 aliphatic rings. The number of ketones is 1. The van der Waals surface area contributed by atoms with Crippen molar-refractivity contribution in [2.75, 3.05) is 6.54 Å². The average Bonchev–Trinajstić information content (AvgIpc) is 3.56. The van der Waals surface area contributed by atoms with Gasteiger partial charge in [-0.3, -0.25) is 29.8 Å². The highest BCUT2D eigenvalue weighted by Gasteiger charge is 2.58. The highest BCUT2D eigenvalue weighted by Crippen LogP contribution is 2.65. The Labute approximate surface area is 374 Å². The molecule has 4 fully saturated rings. The van der Waals surface area contributed by atoms with Crippen LogP contribution in [0.15, 0.2) is 90.5 Å². The Kier molecular flexibility index (Phi) is 14.4. The van der Waals surface area contributed by atoms with Gasteiger partial charge in [0.15, 0.2) is 16.8 Å². The number of barbiturate groups is 1. The number of carbonyl (C=O) groups is 6. The zero-order valence-corrected chi connectivity index (χ0v) is 37.6. The summed E-state index contributed by atoms with van der Waals surface area (Å²) in [5.41, 5.74) is 1.45. The molecule has 4 aliphatic carbocycles. The fraction of sp³-hybridized carbons (Fsp3) is 0.480. The molecule has 1 heterocycles. The van der Waals surface area contributed by atoms with Crippen molar-refractivity contribution in [3.8, 4) is 5.75 Å². The van der Waals surface area contributed by atoms with E-state index in [1.54, 1.807) is 73.7 Å². The first-order chi connectivity index (χ1) is 29.8. The second-order valence-electron chi connectivity index (χ2n) is 18.5. The fourth-order valence-electron chi connectivity index (χ4n) is 10.7. The lowest BCUT2D eigenvalue weighted by molar-refractivity contribution is -0.152. The van der Waals surface area contributed by atoms with Gasteiger partial charge in [0.05, 0.1) is 6.10 Å². The third-order valence-electron chi connectivity index (χ3n) is 14.6. The molecular formula is C50H60ClN3O9. The zero-order chi connectivity index (χ0) is 45.7. The van der Waals surface area contributed by atoms with Crippen molar-refractivity contribution in [2.45, 2.75) is 116 Å². The maximum atomic E-state index is 12.0. The van der Waals surface area contributed by atoms with Gasteiger partial charge in [-0.25, -0.2) is 9.59 Å². The minimum absolute atomic E-state index is 0.0823. The summed E-state index contributed by atoms with van der Waals surface area (Å²) in [6.45, 7) is 9.98. The van der Waals surface area contributed by atoms with Crippen LogP contribution in [0.1, 0.15) is 114 Å². The number of carbonyl (C=O) groups excluding carboxylic acids is 5. The monoisotopic (exact) mass is 881 g/mol. The lowest BCUT2D eigenvalue weighted by atomic mass is 9.47. The summed E-state index contributed by atoms with van der Waals surface area (Å²) in [6.07, 6.45) is 11.7. The van der Waals surface area contributed by atoms with Gasteiger partial charge in [-0.1, -0.05) is 80.4 Å². The van der Waals surface area contributed by atoms with Crippen LogP contribution in [0.25, 0.3) is 0 Å². The van der Waals surface area contributed by atoms with Crippen LogP contribution in [0.3, 0.4) is 0 Å². The van der Waals surface area contributed by atoms with Crippen molar-refractivity contribution in [1.29, 1.82) is 0 Å². The highest BCUT2D eigenvalue weighted by molar-refractivity contribution is 6.30. The predicted molar refractivity (Wildman–Crippen MR) is 239 cm³/mol. The first kappa shape index (κ1) is 47.2. The van der Waals surface area contributed by atoms with Gasteiger partial charge in [0.1, 0.15) is 5.75 Å². The number of rotatable bonds is 9. The molecule has 5 N–H and O–H groups in total. The second-order valence-corrected chi connectivity index (χ2v) is 19.0. The Morgan fingerprint density at radius 3 is 2.11 bits per heavy atom. The van der Waals surface area contributed by atoms with Crippen molar-refractivity contribution < 1.29 is 43.7 Å². The van der Waals surface area contributed by atoms with Gasteiger partial charge < -0.3 is 20.3 Å². The Morgan fingerprint density at radius 2 is 1.49 bits per heavy atom. The number of halogens is 1. The van der Waals surface area contributed by atoms with Gasteiger partial charge in [0, 0.05) is 23.6 Å². The summed E-state index contributed by atoms with van der Waals surface area (Å²) in [5.74, 6) is 0.743. The van der Waals surface area contributed by atoms with Crippen LogP contribution in [0.5, 0.6) is 5.75 Å². The molecule has 0 unspecified atom stereocenters. The summed E-state index contributed by atoms with van der Waals surface area (Å²) in [7, 11) is 0. The number of amides is 5. The van der Waals surface area contributed by atoms with E-state index in [1.165, 1.54) is 45.1 Å². The smallest absolute Gasteiger partial charge is 0.347 e. The van der Waals surface area contributed by atoms with Gasteiger partial charge in [-0.05, 0) is 154 Å². The van der Waals surface area contributed by atoms with Gasteiger partial charge in [0.2, 0.25) is 11.8 Å². The number of urea groups is 1. The number of fused-ring (bicyclic) bond motifs is 5. The number of hydrogen-bond donors (Lipinski definition) is 5. The predicted octanol–water partition coefficient (Wildman–Crippen LogP) is 8.13. The molecule has 6 atom stereocenters. The maximum Gasteiger partial charge on any atom is 0.347 e. The lowest BCUT2D eigenvalue weighted by Crippen LogP contribution is -2.64. The summed E-state index contributed by atoms with van der Waals surface area (Å²) in [6, 6.07) is 21.8. The topological polar surface area (TPSA) is 188 Å². The molecule has 0 bridgehead atoms. The van der Waals surface area contributed by atoms with E-state index >= 15 is 0 Å². The molecule has 13 heteroatoms. The molecule has 3 aromatic rings. The van der Waals surface area contributed by atoms with Crippen LogP contribution in [0.2, 0.25) is 5.02 Å². The summed E-state index contributed by atoms with van der Waals surface area (Å²) in [5, 5.41) is 27.2. The SMILES string of the molecule is CC(C)(Oc1ccc(CCNC(=O)c2ccc(Cl)cc2)cc1)C(=O)O.CCC1(c2ccccc2)C(=O)NC(=O)NC1=O.C[C@]12CC[C@H]3[C@@H](CCC4=CC(=O)CC[C@@]43C)[C@@H]1CC[C@@H]2O. The third kappa shape index (κ3) is 9.92. The van der Waals surface area contributed by atoms with Gasteiger partial charge >= 0.3 is 12.0 Å². The van der Waals surface area contributed by atoms with Crippen LogP contribution in [-0.4, -0.2) is 64.0 Å². The number of carboxylic acids is 1. The minimum atomic E-state index is -1.31. The second kappa shape index (κ2) is 19.2. The Morgan fingerprint density at radius 1 is 0.841 bits per heavy atom. The van der Waals surface area contributed by atoms with E-state index in [4.69, 9.17) is 21.4 Å². The Balaban J connectivity index is 0.000000160. The van der Waals surface area contributed by atoms with Gasteiger partial charge in [-0.2, -0.15) is 0 Å². The summed E-state index contributed by atoms with van der Waals surface area (Å²) < 4.78 is 5.45. The van der Waals surface area contributed by atoms with E-state index < -0.39 is 34.8 Å². The number of aliphatic carboxylic acids is 1. The number of ether oxygens (including phenoxy) is 1. The number of imide groups is 2. The number of carboxylic acid groups (broad SMARTS) is 1. The standard InChI is InChI=1S/C19H20ClNO4.C19H28O2.C12H12N2O3/c1-19(2,18(23)24)25-16-9-3-13(4-10-16)11-12-21-17(22)14-5-7-15(20)8-6-14;1-18-9-7-13(20)11-12(18)3-4-14-15-5-6-17(21)19(15,2)10-8-16(14)18;1-2-12(8-6-4-3-5-7-8)9(15)13-11(17)14-10(12)16/h3-10H,11-12H2,1-2H3,(H,21,22)(H,23,24);11,14-17,21H,3-10H2,1-2H3;3-7H,2H2,1H3,(H2,13,14,15,16,17)/t;14-,15-,16-,17-,18-,19-;/m.0./s1. The van der Waals surface area contributed by atoms with Crippen LogP contribution in [0.4, 0.5) is 4.79 Å². The van der Waals surface area contributed by atoms with Crippen molar-refractivity contribution in [2.24, 2.45) is 28.6 Å². The lowest BCUT2D eigenvalue weighted by Gasteiger charge is -2.57. The molecule has 0 spiro atoms. The molecule has 8 rings (SSSR count).